The molecule has 0 atom stereocenters. The van der Waals surface area contributed by atoms with E-state index in [0.717, 1.165) is 64.5 Å². The first-order valence-electron chi connectivity index (χ1n) is 12.3. The molecule has 0 bridgehead atoms. The van der Waals surface area contributed by atoms with E-state index in [1.807, 2.05) is 4.90 Å². The van der Waals surface area contributed by atoms with E-state index in [2.05, 4.69) is 5.32 Å². The third-order valence-electron chi connectivity index (χ3n) is 6.60. The molecule has 8 heteroatoms. The van der Waals surface area contributed by atoms with Gasteiger partial charge in [-0.1, -0.05) is 43.9 Å². The zero-order valence-corrected chi connectivity index (χ0v) is 20.4. The van der Waals surface area contributed by atoms with Gasteiger partial charge in [-0.25, -0.2) is 8.42 Å². The molecule has 0 aromatic heterocycles. The van der Waals surface area contributed by atoms with Crippen LogP contribution in [0.1, 0.15) is 72.1 Å². The van der Waals surface area contributed by atoms with E-state index in [1.165, 1.54) is 16.4 Å². The van der Waals surface area contributed by atoms with Crippen molar-refractivity contribution in [2.24, 2.45) is 0 Å². The first kappa shape index (κ1) is 24.4. The van der Waals surface area contributed by atoms with Crippen LogP contribution in [0.15, 0.2) is 53.4 Å². The summed E-state index contributed by atoms with van der Waals surface area (Å²) in [6.45, 7) is 2.45. The fraction of sp³-hybridized carbons (Fsp3) is 0.462. The van der Waals surface area contributed by atoms with Crippen LogP contribution in [-0.4, -0.2) is 55.6 Å². The quantitative estimate of drug-likeness (QED) is 0.677. The van der Waals surface area contributed by atoms with Crippen molar-refractivity contribution in [3.63, 3.8) is 0 Å². The van der Waals surface area contributed by atoms with E-state index in [-0.39, 0.29) is 16.4 Å². The lowest BCUT2D eigenvalue weighted by atomic mass is 10.1. The Balaban J connectivity index is 1.53. The lowest BCUT2D eigenvalue weighted by Gasteiger charge is -2.22. The summed E-state index contributed by atoms with van der Waals surface area (Å²) in [4.78, 5) is 28.2. The number of carbonyl (C=O) groups is 2. The molecule has 0 unspecified atom stereocenters. The number of amides is 2. The van der Waals surface area contributed by atoms with Gasteiger partial charge in [0.15, 0.2) is 0 Å². The molecule has 4 rings (SSSR count). The second kappa shape index (κ2) is 11.1. The van der Waals surface area contributed by atoms with E-state index in [1.54, 1.807) is 36.4 Å². The van der Waals surface area contributed by atoms with Crippen molar-refractivity contribution in [1.82, 2.24) is 9.21 Å². The summed E-state index contributed by atoms with van der Waals surface area (Å²) in [6, 6.07) is 13.1. The van der Waals surface area contributed by atoms with Crippen LogP contribution in [0, 0.1) is 0 Å². The van der Waals surface area contributed by atoms with E-state index in [9.17, 15) is 18.0 Å². The third kappa shape index (κ3) is 5.67. The highest BCUT2D eigenvalue weighted by atomic mass is 32.2. The molecule has 34 heavy (non-hydrogen) atoms. The van der Waals surface area contributed by atoms with Crippen LogP contribution in [0.25, 0.3) is 0 Å². The van der Waals surface area contributed by atoms with E-state index < -0.39 is 15.9 Å². The van der Waals surface area contributed by atoms with Gasteiger partial charge < -0.3 is 10.2 Å². The zero-order chi connectivity index (χ0) is 24.0. The maximum Gasteiger partial charge on any atom is 0.255 e. The molecule has 2 aromatic rings. The standard InChI is InChI=1S/C26H33N3O4S/c30-25(21-12-11-13-22(20-21)34(32,33)29-18-9-3-4-10-19-29)27-24-15-6-5-14-23(24)26(31)28-16-7-1-2-8-17-28/h5-6,11-15,20H,1-4,7-10,16-19H2,(H,27,30). The fourth-order valence-electron chi connectivity index (χ4n) is 4.65. The van der Waals surface area contributed by atoms with Gasteiger partial charge in [0.1, 0.15) is 0 Å². The summed E-state index contributed by atoms with van der Waals surface area (Å²) in [5.41, 5.74) is 1.13. The summed E-state index contributed by atoms with van der Waals surface area (Å²) in [6.07, 6.45) is 7.98. The maximum atomic E-state index is 13.2. The Morgan fingerprint density at radius 1 is 0.735 bits per heavy atom. The summed E-state index contributed by atoms with van der Waals surface area (Å²) in [7, 11) is -3.66. The Labute approximate surface area is 202 Å². The zero-order valence-electron chi connectivity index (χ0n) is 19.5. The summed E-state index contributed by atoms with van der Waals surface area (Å²) < 4.78 is 27.8. The molecule has 2 aliphatic heterocycles. The number of hydrogen-bond acceptors (Lipinski definition) is 4. The number of likely N-dealkylation sites (tertiary alicyclic amines) is 1. The van der Waals surface area contributed by atoms with Gasteiger partial charge in [-0.2, -0.15) is 4.31 Å². The SMILES string of the molecule is O=C(Nc1ccccc1C(=O)N1CCCCCC1)c1cccc(S(=O)(=O)N2CCCCCC2)c1. The highest BCUT2D eigenvalue weighted by Gasteiger charge is 2.26. The number of rotatable bonds is 5. The summed E-state index contributed by atoms with van der Waals surface area (Å²) in [5, 5.41) is 2.84. The fourth-order valence-corrected chi connectivity index (χ4v) is 6.21. The van der Waals surface area contributed by atoms with Gasteiger partial charge in [0.2, 0.25) is 10.0 Å². The second-order valence-corrected chi connectivity index (χ2v) is 11.0. The van der Waals surface area contributed by atoms with Gasteiger partial charge in [-0.15, -0.1) is 0 Å². The molecule has 2 aromatic carbocycles. The predicted molar refractivity (Wildman–Crippen MR) is 132 cm³/mol. The Bertz CT molecular complexity index is 1120. The van der Waals surface area contributed by atoms with Crippen molar-refractivity contribution in [3.05, 3.63) is 59.7 Å². The smallest absolute Gasteiger partial charge is 0.255 e. The number of hydrogen-bond donors (Lipinski definition) is 1. The molecule has 0 saturated carbocycles. The number of nitrogens with zero attached hydrogens (tertiary/aromatic N) is 2. The Morgan fingerprint density at radius 2 is 1.35 bits per heavy atom. The second-order valence-electron chi connectivity index (χ2n) is 9.05. The highest BCUT2D eigenvalue weighted by Crippen LogP contribution is 2.23. The van der Waals surface area contributed by atoms with Crippen LogP contribution in [0.2, 0.25) is 0 Å². The van der Waals surface area contributed by atoms with Crippen LogP contribution in [0.4, 0.5) is 5.69 Å². The number of anilines is 1. The van der Waals surface area contributed by atoms with Crippen molar-refractivity contribution in [2.75, 3.05) is 31.5 Å². The molecule has 1 N–H and O–H groups in total. The molecule has 2 heterocycles. The van der Waals surface area contributed by atoms with Crippen molar-refractivity contribution < 1.29 is 18.0 Å². The molecule has 2 amide bonds. The molecule has 182 valence electrons. The molecule has 7 nitrogen and oxygen atoms in total. The third-order valence-corrected chi connectivity index (χ3v) is 8.49. The van der Waals surface area contributed by atoms with Gasteiger partial charge in [0.05, 0.1) is 16.1 Å². The number of benzene rings is 2. The summed E-state index contributed by atoms with van der Waals surface area (Å²) in [5.74, 6) is -0.528. The minimum atomic E-state index is -3.66. The lowest BCUT2D eigenvalue weighted by molar-refractivity contribution is 0.0762. The van der Waals surface area contributed by atoms with Crippen molar-refractivity contribution in [3.8, 4) is 0 Å². The van der Waals surface area contributed by atoms with Crippen LogP contribution < -0.4 is 5.32 Å². The largest absolute Gasteiger partial charge is 0.339 e. The molecule has 2 saturated heterocycles. The minimum absolute atomic E-state index is 0.0877. The predicted octanol–water partition coefficient (Wildman–Crippen LogP) is 4.52. The number of nitrogens with one attached hydrogen (secondary N) is 1. The maximum absolute atomic E-state index is 13.2. The first-order valence-corrected chi connectivity index (χ1v) is 13.7. The van der Waals surface area contributed by atoms with Crippen LogP contribution >= 0.6 is 0 Å². The monoisotopic (exact) mass is 483 g/mol. The molecule has 0 spiro atoms. The van der Waals surface area contributed by atoms with Gasteiger partial charge in [-0.05, 0) is 56.0 Å². The van der Waals surface area contributed by atoms with Gasteiger partial charge in [-0.3, -0.25) is 9.59 Å². The highest BCUT2D eigenvalue weighted by molar-refractivity contribution is 7.89. The number of carbonyl (C=O) groups excluding carboxylic acids is 2. The number of para-hydroxylation sites is 1. The Kier molecular flexibility index (Phi) is 8.00. The molecule has 2 fully saturated rings. The van der Waals surface area contributed by atoms with Crippen molar-refractivity contribution in [1.29, 1.82) is 0 Å². The van der Waals surface area contributed by atoms with Crippen LogP contribution in [0.5, 0.6) is 0 Å². The van der Waals surface area contributed by atoms with Crippen molar-refractivity contribution in [2.45, 2.75) is 56.3 Å². The molecule has 2 aliphatic rings. The van der Waals surface area contributed by atoms with E-state index in [0.29, 0.717) is 24.3 Å². The molecule has 0 radical (unpaired) electrons. The Morgan fingerprint density at radius 3 is 2.03 bits per heavy atom. The van der Waals surface area contributed by atoms with E-state index in [4.69, 9.17) is 0 Å². The van der Waals surface area contributed by atoms with E-state index >= 15 is 0 Å². The lowest BCUT2D eigenvalue weighted by Crippen LogP contribution is -2.32. The van der Waals surface area contributed by atoms with Crippen LogP contribution in [0.3, 0.4) is 0 Å². The molecular weight excluding hydrogens is 450 g/mol. The Hall–Kier alpha value is -2.71. The molecule has 0 aliphatic carbocycles. The van der Waals surface area contributed by atoms with Crippen LogP contribution in [-0.2, 0) is 10.0 Å². The van der Waals surface area contributed by atoms with Gasteiger partial charge in [0.25, 0.3) is 11.8 Å². The average Bonchev–Trinajstić information content (AvgIpc) is 3.30. The first-order chi connectivity index (χ1) is 16.5. The minimum Gasteiger partial charge on any atom is -0.339 e. The molecular formula is C26H33N3O4S. The number of sulfonamides is 1. The average molecular weight is 484 g/mol. The summed E-state index contributed by atoms with van der Waals surface area (Å²) >= 11 is 0. The topological polar surface area (TPSA) is 86.8 Å². The van der Waals surface area contributed by atoms with Crippen molar-refractivity contribution >= 4 is 27.5 Å². The van der Waals surface area contributed by atoms with Gasteiger partial charge >= 0.3 is 0 Å². The van der Waals surface area contributed by atoms with Gasteiger partial charge in [0, 0.05) is 31.7 Å². The normalized spacial score (nSPS) is 18.1.